The summed E-state index contributed by atoms with van der Waals surface area (Å²) in [4.78, 5) is 4.02. The molecule has 5 nitrogen and oxygen atoms in total. The van der Waals surface area contributed by atoms with Gasteiger partial charge in [-0.1, -0.05) is 0 Å². The second-order valence-corrected chi connectivity index (χ2v) is 3.36. The molecule has 0 radical (unpaired) electrons. The Bertz CT molecular complexity index is 435. The first-order chi connectivity index (χ1) is 7.25. The maximum Gasteiger partial charge on any atom is 0.143 e. The number of aryl methyl sites for hydroxylation is 1. The molecule has 78 valence electrons. The zero-order valence-electron chi connectivity index (χ0n) is 8.49. The minimum absolute atomic E-state index is 0.628. The van der Waals surface area contributed by atoms with Crippen LogP contribution in [0.3, 0.4) is 0 Å². The Hall–Kier alpha value is -2.04. The molecule has 4 N–H and O–H groups in total. The second-order valence-electron chi connectivity index (χ2n) is 3.36. The van der Waals surface area contributed by atoms with E-state index in [9.17, 15) is 0 Å². The molecule has 15 heavy (non-hydrogen) atoms. The first kappa shape index (κ1) is 9.51. The van der Waals surface area contributed by atoms with Crippen LogP contribution in [0.2, 0.25) is 0 Å². The average Bonchev–Trinajstić information content (AvgIpc) is 2.73. The van der Waals surface area contributed by atoms with Gasteiger partial charge in [0.25, 0.3) is 0 Å². The number of nitrogen functional groups attached to an aromatic ring is 1. The summed E-state index contributed by atoms with van der Waals surface area (Å²) in [6, 6.07) is 5.84. The zero-order chi connectivity index (χ0) is 10.7. The number of aromatic amines is 1. The van der Waals surface area contributed by atoms with Crippen molar-refractivity contribution in [1.29, 1.82) is 0 Å². The van der Waals surface area contributed by atoms with Gasteiger partial charge in [0.15, 0.2) is 0 Å². The van der Waals surface area contributed by atoms with Gasteiger partial charge in [-0.25, -0.2) is 4.98 Å². The van der Waals surface area contributed by atoms with Crippen molar-refractivity contribution in [2.75, 3.05) is 11.1 Å². The summed E-state index contributed by atoms with van der Waals surface area (Å²) >= 11 is 0. The van der Waals surface area contributed by atoms with Gasteiger partial charge in [-0.05, 0) is 30.7 Å². The molecule has 0 aliphatic rings. The number of anilines is 2. The third-order valence-electron chi connectivity index (χ3n) is 2.19. The Morgan fingerprint density at radius 1 is 1.47 bits per heavy atom. The van der Waals surface area contributed by atoms with Crippen molar-refractivity contribution >= 4 is 11.4 Å². The Morgan fingerprint density at radius 3 is 3.00 bits per heavy atom. The molecule has 0 fully saturated rings. The van der Waals surface area contributed by atoms with Crippen molar-refractivity contribution in [3.05, 3.63) is 35.9 Å². The second kappa shape index (κ2) is 4.00. The van der Waals surface area contributed by atoms with Crippen LogP contribution in [0.5, 0.6) is 0 Å². The van der Waals surface area contributed by atoms with Crippen LogP contribution in [0.25, 0.3) is 0 Å². The van der Waals surface area contributed by atoms with E-state index in [1.54, 1.807) is 0 Å². The first-order valence-electron chi connectivity index (χ1n) is 4.70. The summed E-state index contributed by atoms with van der Waals surface area (Å²) in [6.07, 6.45) is 1.49. The summed E-state index contributed by atoms with van der Waals surface area (Å²) < 4.78 is 0. The van der Waals surface area contributed by atoms with Gasteiger partial charge in [0, 0.05) is 11.4 Å². The van der Waals surface area contributed by atoms with Crippen LogP contribution in [-0.4, -0.2) is 15.2 Å². The van der Waals surface area contributed by atoms with Crippen molar-refractivity contribution in [1.82, 2.24) is 15.2 Å². The number of benzene rings is 1. The summed E-state index contributed by atoms with van der Waals surface area (Å²) in [5.74, 6) is 0.810. The number of H-pyrrole nitrogens is 1. The molecule has 0 aliphatic carbocycles. The van der Waals surface area contributed by atoms with Crippen molar-refractivity contribution in [2.24, 2.45) is 0 Å². The molecule has 0 amide bonds. The van der Waals surface area contributed by atoms with Gasteiger partial charge < -0.3 is 11.1 Å². The van der Waals surface area contributed by atoms with Crippen molar-refractivity contribution in [3.8, 4) is 0 Å². The fourth-order valence-electron chi connectivity index (χ4n) is 1.29. The third kappa shape index (κ3) is 2.25. The van der Waals surface area contributed by atoms with E-state index in [-0.39, 0.29) is 0 Å². The predicted octanol–water partition coefficient (Wildman–Crippen LogP) is 1.31. The monoisotopic (exact) mass is 203 g/mol. The van der Waals surface area contributed by atoms with E-state index in [1.165, 1.54) is 6.33 Å². The van der Waals surface area contributed by atoms with E-state index in [4.69, 9.17) is 5.73 Å². The quantitative estimate of drug-likeness (QED) is 0.657. The third-order valence-corrected chi connectivity index (χ3v) is 2.19. The molecule has 5 heteroatoms. The number of nitrogens with two attached hydrogens (primary N) is 1. The van der Waals surface area contributed by atoms with E-state index in [0.717, 1.165) is 22.8 Å². The van der Waals surface area contributed by atoms with Crippen LogP contribution >= 0.6 is 0 Å². The van der Waals surface area contributed by atoms with Crippen LogP contribution < -0.4 is 11.1 Å². The maximum atomic E-state index is 5.72. The summed E-state index contributed by atoms with van der Waals surface area (Å²) in [7, 11) is 0. The Morgan fingerprint density at radius 2 is 2.33 bits per heavy atom. The molecule has 0 unspecified atom stereocenters. The number of hydrogen-bond donors (Lipinski definition) is 3. The Kier molecular flexibility index (Phi) is 2.53. The van der Waals surface area contributed by atoms with E-state index < -0.39 is 0 Å². The van der Waals surface area contributed by atoms with Crippen molar-refractivity contribution < 1.29 is 0 Å². The SMILES string of the molecule is Cc1cc(NCc2ncn[nH]2)ccc1N. The fourth-order valence-corrected chi connectivity index (χ4v) is 1.29. The fraction of sp³-hybridized carbons (Fsp3) is 0.200. The van der Waals surface area contributed by atoms with Gasteiger partial charge in [0.2, 0.25) is 0 Å². The van der Waals surface area contributed by atoms with E-state index in [2.05, 4.69) is 20.5 Å². The molecule has 0 atom stereocenters. The molecule has 0 aliphatic heterocycles. The van der Waals surface area contributed by atoms with E-state index >= 15 is 0 Å². The smallest absolute Gasteiger partial charge is 0.143 e. The molecule has 2 aromatic rings. The highest BCUT2D eigenvalue weighted by Gasteiger charge is 1.98. The lowest BCUT2D eigenvalue weighted by molar-refractivity contribution is 0.954. The highest BCUT2D eigenvalue weighted by atomic mass is 15.2. The van der Waals surface area contributed by atoms with Crippen molar-refractivity contribution in [3.63, 3.8) is 0 Å². The Balaban J connectivity index is 2.02. The molecule has 2 rings (SSSR count). The normalized spacial score (nSPS) is 10.2. The van der Waals surface area contributed by atoms with E-state index in [0.29, 0.717) is 6.54 Å². The van der Waals surface area contributed by atoms with Crippen LogP contribution in [0.15, 0.2) is 24.5 Å². The van der Waals surface area contributed by atoms with Crippen LogP contribution in [0.4, 0.5) is 11.4 Å². The molecule has 1 heterocycles. The molecule has 1 aromatic heterocycles. The van der Waals surface area contributed by atoms with Crippen molar-refractivity contribution in [2.45, 2.75) is 13.5 Å². The molecule has 1 aromatic carbocycles. The number of nitrogens with zero attached hydrogens (tertiary/aromatic N) is 2. The van der Waals surface area contributed by atoms with E-state index in [1.807, 2.05) is 25.1 Å². The van der Waals surface area contributed by atoms with Gasteiger partial charge >= 0.3 is 0 Å². The van der Waals surface area contributed by atoms with Gasteiger partial charge in [0.05, 0.1) is 6.54 Å². The van der Waals surface area contributed by atoms with Gasteiger partial charge in [-0.3, -0.25) is 5.10 Å². The highest BCUT2D eigenvalue weighted by Crippen LogP contribution is 2.16. The topological polar surface area (TPSA) is 79.6 Å². The first-order valence-corrected chi connectivity index (χ1v) is 4.70. The molecular formula is C10H13N5. The van der Waals surface area contributed by atoms with Crippen LogP contribution in [-0.2, 0) is 6.54 Å². The van der Waals surface area contributed by atoms with Gasteiger partial charge in [-0.15, -0.1) is 0 Å². The predicted molar refractivity (Wildman–Crippen MR) is 59.3 cm³/mol. The molecule has 0 bridgehead atoms. The van der Waals surface area contributed by atoms with Crippen LogP contribution in [0.1, 0.15) is 11.4 Å². The molecule has 0 spiro atoms. The number of nitrogens with one attached hydrogen (secondary N) is 2. The minimum atomic E-state index is 0.628. The summed E-state index contributed by atoms with van der Waals surface area (Å²) in [5.41, 5.74) is 8.62. The number of hydrogen-bond acceptors (Lipinski definition) is 4. The lowest BCUT2D eigenvalue weighted by Gasteiger charge is -2.06. The zero-order valence-corrected chi connectivity index (χ0v) is 8.49. The summed E-state index contributed by atoms with van der Waals surface area (Å²) in [5, 5.41) is 9.78. The van der Waals surface area contributed by atoms with Gasteiger partial charge in [0.1, 0.15) is 12.2 Å². The maximum absolute atomic E-state index is 5.72. The lowest BCUT2D eigenvalue weighted by Crippen LogP contribution is -2.02. The molecule has 0 saturated heterocycles. The minimum Gasteiger partial charge on any atom is -0.399 e. The van der Waals surface area contributed by atoms with Gasteiger partial charge in [-0.2, -0.15) is 5.10 Å². The summed E-state index contributed by atoms with van der Waals surface area (Å²) in [6.45, 7) is 2.61. The average molecular weight is 203 g/mol. The largest absolute Gasteiger partial charge is 0.399 e. The standard InChI is InChI=1S/C10H13N5/c1-7-4-8(2-3-9(7)11)12-5-10-13-6-14-15-10/h2-4,6,12H,5,11H2,1H3,(H,13,14,15). The molecular weight excluding hydrogens is 190 g/mol. The number of aromatic nitrogens is 3. The number of rotatable bonds is 3. The Labute approximate surface area is 87.7 Å². The molecule has 0 saturated carbocycles. The van der Waals surface area contributed by atoms with Crippen LogP contribution in [0, 0.1) is 6.92 Å². The highest BCUT2D eigenvalue weighted by molar-refractivity contribution is 5.56. The lowest BCUT2D eigenvalue weighted by atomic mass is 10.2.